The molecule has 0 radical (unpaired) electrons. The first-order chi connectivity index (χ1) is 13.4. The van der Waals surface area contributed by atoms with Gasteiger partial charge in [-0.1, -0.05) is 31.5 Å². The van der Waals surface area contributed by atoms with Gasteiger partial charge in [0.2, 0.25) is 0 Å². The lowest BCUT2D eigenvalue weighted by Gasteiger charge is -2.11. The molecule has 1 N–H and O–H groups in total. The van der Waals surface area contributed by atoms with Gasteiger partial charge in [-0.2, -0.15) is 13.2 Å². The van der Waals surface area contributed by atoms with Gasteiger partial charge in [0.15, 0.2) is 0 Å². The fourth-order valence-corrected chi connectivity index (χ4v) is 3.16. The van der Waals surface area contributed by atoms with Crippen LogP contribution in [-0.4, -0.2) is 16.7 Å². The number of aromatic nitrogens is 2. The van der Waals surface area contributed by atoms with Crippen LogP contribution in [0.4, 0.5) is 13.2 Å². The van der Waals surface area contributed by atoms with E-state index in [0.717, 1.165) is 48.1 Å². The summed E-state index contributed by atoms with van der Waals surface area (Å²) in [5, 5.41) is 3.22. The highest BCUT2D eigenvalue weighted by Crippen LogP contribution is 2.29. The first-order valence-corrected chi connectivity index (χ1v) is 9.32. The van der Waals surface area contributed by atoms with Crippen LogP contribution in [0, 0.1) is 0 Å². The quantitative estimate of drug-likeness (QED) is 0.577. The van der Waals surface area contributed by atoms with Gasteiger partial charge in [-0.3, -0.25) is 0 Å². The van der Waals surface area contributed by atoms with Crippen molar-refractivity contribution in [1.82, 2.24) is 14.9 Å². The average molecular weight is 391 g/mol. The minimum atomic E-state index is -4.33. The van der Waals surface area contributed by atoms with Crippen LogP contribution in [0.15, 0.2) is 42.5 Å². The van der Waals surface area contributed by atoms with Crippen molar-refractivity contribution in [1.29, 1.82) is 0 Å². The smallest absolute Gasteiger partial charge is 0.416 e. The molecule has 1 aromatic heterocycles. The Morgan fingerprint density at radius 3 is 2.64 bits per heavy atom. The van der Waals surface area contributed by atoms with E-state index in [1.54, 1.807) is 13.2 Å². The minimum Gasteiger partial charge on any atom is -0.497 e. The Bertz CT molecular complexity index is 934. The number of ether oxygens (including phenoxy) is 1. The molecule has 3 rings (SSSR count). The third kappa shape index (κ3) is 4.65. The first-order valence-electron chi connectivity index (χ1n) is 9.32. The lowest BCUT2D eigenvalue weighted by atomic mass is 10.1. The topological polar surface area (TPSA) is 39.1 Å². The zero-order valence-electron chi connectivity index (χ0n) is 16.0. The normalized spacial score (nSPS) is 11.9. The van der Waals surface area contributed by atoms with Gasteiger partial charge < -0.3 is 14.6 Å². The number of nitrogens with zero attached hydrogens (tertiary/aromatic N) is 2. The van der Waals surface area contributed by atoms with Gasteiger partial charge in [0.1, 0.15) is 11.6 Å². The number of halogens is 3. The van der Waals surface area contributed by atoms with Crippen LogP contribution in [0.5, 0.6) is 5.75 Å². The molecule has 0 spiro atoms. The molecule has 4 nitrogen and oxygen atoms in total. The molecule has 1 heterocycles. The average Bonchev–Trinajstić information content (AvgIpc) is 3.02. The Hall–Kier alpha value is -2.54. The molecule has 2 aromatic carbocycles. The maximum Gasteiger partial charge on any atom is 0.416 e. The molecular formula is C21H24F3N3O. The lowest BCUT2D eigenvalue weighted by Crippen LogP contribution is -2.17. The van der Waals surface area contributed by atoms with Crippen molar-refractivity contribution in [3.8, 4) is 5.75 Å². The standard InChI is InChI=1S/C21H24F3N3O/c1-3-4-10-27-19-9-8-17(28-2)12-18(19)26-20(27)14-25-13-15-6-5-7-16(11-15)21(22,23)24/h5-9,11-12,25H,3-4,10,13-14H2,1-2H3. The summed E-state index contributed by atoms with van der Waals surface area (Å²) in [5.41, 5.74) is 1.85. The molecule has 150 valence electrons. The molecule has 0 saturated heterocycles. The van der Waals surface area contributed by atoms with Crippen LogP contribution >= 0.6 is 0 Å². The van der Waals surface area contributed by atoms with E-state index in [9.17, 15) is 13.2 Å². The number of hydrogen-bond acceptors (Lipinski definition) is 3. The second-order valence-electron chi connectivity index (χ2n) is 6.69. The number of methoxy groups -OCH3 is 1. The van der Waals surface area contributed by atoms with Crippen LogP contribution in [0.25, 0.3) is 11.0 Å². The maximum absolute atomic E-state index is 12.9. The maximum atomic E-state index is 12.9. The second kappa shape index (κ2) is 8.65. The van der Waals surface area contributed by atoms with Crippen molar-refractivity contribution >= 4 is 11.0 Å². The van der Waals surface area contributed by atoms with E-state index in [0.29, 0.717) is 18.7 Å². The fourth-order valence-electron chi connectivity index (χ4n) is 3.16. The van der Waals surface area contributed by atoms with Crippen LogP contribution in [0.2, 0.25) is 0 Å². The SMILES string of the molecule is CCCCn1c(CNCc2cccc(C(F)(F)F)c2)nc2cc(OC)ccc21. The van der Waals surface area contributed by atoms with Gasteiger partial charge in [-0.15, -0.1) is 0 Å². The van der Waals surface area contributed by atoms with Gasteiger partial charge in [0.25, 0.3) is 0 Å². The van der Waals surface area contributed by atoms with Crippen LogP contribution < -0.4 is 10.1 Å². The van der Waals surface area contributed by atoms with E-state index in [-0.39, 0.29) is 0 Å². The molecule has 0 amide bonds. The zero-order chi connectivity index (χ0) is 20.1. The highest BCUT2D eigenvalue weighted by molar-refractivity contribution is 5.77. The molecule has 0 saturated carbocycles. The van der Waals surface area contributed by atoms with Crippen LogP contribution in [0.3, 0.4) is 0 Å². The number of hydrogen-bond donors (Lipinski definition) is 1. The van der Waals surface area contributed by atoms with Crippen molar-refractivity contribution in [2.24, 2.45) is 0 Å². The monoisotopic (exact) mass is 391 g/mol. The van der Waals surface area contributed by atoms with E-state index in [1.165, 1.54) is 12.1 Å². The van der Waals surface area contributed by atoms with Gasteiger partial charge >= 0.3 is 6.18 Å². The van der Waals surface area contributed by atoms with E-state index < -0.39 is 11.7 Å². The molecule has 0 aliphatic carbocycles. The first kappa shape index (κ1) is 20.2. The van der Waals surface area contributed by atoms with E-state index in [1.807, 2.05) is 18.2 Å². The Morgan fingerprint density at radius 2 is 1.93 bits per heavy atom. The van der Waals surface area contributed by atoms with E-state index in [2.05, 4.69) is 16.8 Å². The Labute approximate surface area is 162 Å². The van der Waals surface area contributed by atoms with Crippen LogP contribution in [-0.2, 0) is 25.8 Å². The molecular weight excluding hydrogens is 367 g/mol. The molecule has 0 atom stereocenters. The number of benzene rings is 2. The zero-order valence-corrected chi connectivity index (χ0v) is 16.0. The van der Waals surface area contributed by atoms with Gasteiger partial charge in [0, 0.05) is 19.2 Å². The molecule has 28 heavy (non-hydrogen) atoms. The molecule has 0 unspecified atom stereocenters. The van der Waals surface area contributed by atoms with Crippen molar-refractivity contribution in [2.75, 3.05) is 7.11 Å². The Balaban J connectivity index is 1.76. The van der Waals surface area contributed by atoms with Crippen molar-refractivity contribution < 1.29 is 17.9 Å². The highest BCUT2D eigenvalue weighted by Gasteiger charge is 2.30. The third-order valence-corrected chi connectivity index (χ3v) is 4.64. The summed E-state index contributed by atoms with van der Waals surface area (Å²) in [5.74, 6) is 1.61. The Kier molecular flexibility index (Phi) is 6.24. The van der Waals surface area contributed by atoms with Crippen molar-refractivity contribution in [3.63, 3.8) is 0 Å². The Morgan fingerprint density at radius 1 is 1.11 bits per heavy atom. The third-order valence-electron chi connectivity index (χ3n) is 4.64. The fraction of sp³-hybridized carbons (Fsp3) is 0.381. The summed E-state index contributed by atoms with van der Waals surface area (Å²) >= 11 is 0. The van der Waals surface area contributed by atoms with Crippen LogP contribution in [0.1, 0.15) is 36.7 Å². The van der Waals surface area contributed by atoms with Gasteiger partial charge in [0.05, 0.1) is 30.3 Å². The largest absolute Gasteiger partial charge is 0.497 e. The van der Waals surface area contributed by atoms with Gasteiger partial charge in [-0.05, 0) is 30.2 Å². The number of aryl methyl sites for hydroxylation is 1. The summed E-state index contributed by atoms with van der Waals surface area (Å²) < 4.78 is 46.0. The molecule has 7 heteroatoms. The summed E-state index contributed by atoms with van der Waals surface area (Å²) in [7, 11) is 1.62. The number of rotatable bonds is 8. The summed E-state index contributed by atoms with van der Waals surface area (Å²) in [4.78, 5) is 4.70. The predicted molar refractivity (Wildman–Crippen MR) is 103 cm³/mol. The lowest BCUT2D eigenvalue weighted by molar-refractivity contribution is -0.137. The minimum absolute atomic E-state index is 0.338. The number of fused-ring (bicyclic) bond motifs is 1. The highest BCUT2D eigenvalue weighted by atomic mass is 19.4. The summed E-state index contributed by atoms with van der Waals surface area (Å²) in [6.07, 6.45) is -2.24. The summed E-state index contributed by atoms with van der Waals surface area (Å²) in [6.45, 7) is 3.79. The molecule has 3 aromatic rings. The number of nitrogens with one attached hydrogen (secondary N) is 1. The molecule has 0 aliphatic rings. The van der Waals surface area contributed by atoms with Crippen molar-refractivity contribution in [2.45, 2.75) is 45.6 Å². The predicted octanol–water partition coefficient (Wildman–Crippen LogP) is 5.15. The molecule has 0 bridgehead atoms. The number of alkyl halides is 3. The van der Waals surface area contributed by atoms with E-state index in [4.69, 9.17) is 9.72 Å². The summed E-state index contributed by atoms with van der Waals surface area (Å²) in [6, 6.07) is 11.2. The van der Waals surface area contributed by atoms with Gasteiger partial charge in [-0.25, -0.2) is 4.98 Å². The van der Waals surface area contributed by atoms with E-state index >= 15 is 0 Å². The molecule has 0 fully saturated rings. The second-order valence-corrected chi connectivity index (χ2v) is 6.69. The van der Waals surface area contributed by atoms with Crippen molar-refractivity contribution in [3.05, 3.63) is 59.4 Å². The number of unbranched alkanes of at least 4 members (excludes halogenated alkanes) is 1. The molecule has 0 aliphatic heterocycles. The number of imidazole rings is 1.